The Bertz CT molecular complexity index is 1550. The number of aliphatic carboxylic acids is 1. The van der Waals surface area contributed by atoms with Crippen molar-refractivity contribution >= 4 is 29.3 Å². The van der Waals surface area contributed by atoms with E-state index in [0.29, 0.717) is 23.8 Å². The Labute approximate surface area is 262 Å². The number of carbonyl (C=O) groups excluding carboxylic acids is 3. The van der Waals surface area contributed by atoms with Crippen LogP contribution in [0.2, 0.25) is 0 Å². The summed E-state index contributed by atoms with van der Waals surface area (Å²) in [5.41, 5.74) is 10.5. The Kier molecular flexibility index (Phi) is 11.3. The van der Waals surface area contributed by atoms with Crippen molar-refractivity contribution in [3.8, 4) is 5.75 Å². The molecule has 0 saturated carbocycles. The SMILES string of the molecule is CC1C=C(c2ccc(CCC(=O)N[C@@H](Cc3ccc(O)cc3)C(=O)N[C@@H](CCC(=O)O)C(N)=O)cc2)C=CC1c1ccccc1. The molecule has 6 N–H and O–H groups in total. The van der Waals surface area contributed by atoms with Crippen LogP contribution in [-0.2, 0) is 32.0 Å². The molecule has 0 spiro atoms. The summed E-state index contributed by atoms with van der Waals surface area (Å²) >= 11 is 0. The van der Waals surface area contributed by atoms with Gasteiger partial charge in [-0.25, -0.2) is 0 Å². The fourth-order valence-corrected chi connectivity index (χ4v) is 5.40. The number of nitrogens with two attached hydrogens (primary N) is 1. The second-order valence-corrected chi connectivity index (χ2v) is 11.4. The zero-order valence-corrected chi connectivity index (χ0v) is 25.2. The summed E-state index contributed by atoms with van der Waals surface area (Å²) in [6.07, 6.45) is 6.81. The number of phenolic OH excluding ortho intramolecular Hbond substituents is 1. The lowest BCUT2D eigenvalue weighted by atomic mass is 9.81. The van der Waals surface area contributed by atoms with Crippen LogP contribution in [0.15, 0.2) is 97.1 Å². The van der Waals surface area contributed by atoms with Gasteiger partial charge in [-0.3, -0.25) is 19.2 Å². The quantitative estimate of drug-likeness (QED) is 0.184. The number of primary amides is 1. The van der Waals surface area contributed by atoms with Crippen molar-refractivity contribution in [2.45, 2.75) is 57.0 Å². The summed E-state index contributed by atoms with van der Waals surface area (Å²) in [4.78, 5) is 49.0. The standard InChI is InChI=1S/C36H39N3O6/c1-23-21-28(14-17-30(23)27-5-3-2-4-6-27)26-12-7-24(8-13-26)11-19-33(41)38-32(22-25-9-15-29(40)16-10-25)36(45)39-31(35(37)44)18-20-34(42)43/h2-10,12-17,21,23,30-32,40H,11,18-20,22H2,1H3,(H2,37,44)(H,38,41)(H,39,45)(H,42,43)/t23?,30?,31-,32-/m0/s1. The first-order valence-electron chi connectivity index (χ1n) is 15.0. The molecule has 45 heavy (non-hydrogen) atoms. The number of aromatic hydroxyl groups is 1. The smallest absolute Gasteiger partial charge is 0.303 e. The van der Waals surface area contributed by atoms with Gasteiger partial charge in [0.2, 0.25) is 17.7 Å². The fraction of sp³-hybridized carbons (Fsp3) is 0.278. The van der Waals surface area contributed by atoms with Crippen LogP contribution in [0.3, 0.4) is 0 Å². The highest BCUT2D eigenvalue weighted by Gasteiger charge is 2.26. The van der Waals surface area contributed by atoms with Crippen LogP contribution in [0.1, 0.15) is 54.4 Å². The Balaban J connectivity index is 1.36. The summed E-state index contributed by atoms with van der Waals surface area (Å²) < 4.78 is 0. The number of carboxylic acid groups (broad SMARTS) is 1. The number of amides is 3. The van der Waals surface area contributed by atoms with Crippen molar-refractivity contribution in [1.29, 1.82) is 0 Å². The molecule has 0 saturated heterocycles. The second-order valence-electron chi connectivity index (χ2n) is 11.4. The molecule has 0 aliphatic heterocycles. The summed E-state index contributed by atoms with van der Waals surface area (Å²) in [6.45, 7) is 2.22. The van der Waals surface area contributed by atoms with Gasteiger partial charge in [0, 0.05) is 25.2 Å². The highest BCUT2D eigenvalue weighted by Crippen LogP contribution is 2.34. The van der Waals surface area contributed by atoms with Crippen LogP contribution in [0.25, 0.3) is 5.57 Å². The van der Waals surface area contributed by atoms with Gasteiger partial charge in [-0.1, -0.05) is 91.9 Å². The number of benzene rings is 3. The molecule has 0 fully saturated rings. The number of aryl methyl sites for hydroxylation is 1. The van der Waals surface area contributed by atoms with E-state index >= 15 is 0 Å². The third-order valence-corrected chi connectivity index (χ3v) is 7.94. The van der Waals surface area contributed by atoms with Gasteiger partial charge in [0.25, 0.3) is 0 Å². The topological polar surface area (TPSA) is 159 Å². The molecule has 3 amide bonds. The number of carbonyl (C=O) groups is 4. The maximum absolute atomic E-state index is 13.2. The molecule has 3 aromatic carbocycles. The van der Waals surface area contributed by atoms with E-state index in [1.807, 2.05) is 30.3 Å². The third kappa shape index (κ3) is 9.66. The second kappa shape index (κ2) is 15.5. The zero-order valence-electron chi connectivity index (χ0n) is 25.2. The molecule has 1 aliphatic rings. The number of hydrogen-bond acceptors (Lipinski definition) is 5. The first-order valence-corrected chi connectivity index (χ1v) is 15.0. The molecule has 9 nitrogen and oxygen atoms in total. The van der Waals surface area contributed by atoms with E-state index in [-0.39, 0.29) is 37.3 Å². The molecule has 0 aromatic heterocycles. The molecule has 0 heterocycles. The summed E-state index contributed by atoms with van der Waals surface area (Å²) in [5.74, 6) is -2.29. The molecular formula is C36H39N3O6. The maximum Gasteiger partial charge on any atom is 0.303 e. The molecule has 9 heteroatoms. The third-order valence-electron chi connectivity index (χ3n) is 7.94. The Morgan fingerprint density at radius 1 is 0.844 bits per heavy atom. The van der Waals surface area contributed by atoms with E-state index in [9.17, 15) is 24.3 Å². The predicted octanol–water partition coefficient (Wildman–Crippen LogP) is 4.26. The van der Waals surface area contributed by atoms with Crippen molar-refractivity contribution in [3.05, 3.63) is 119 Å². The molecule has 4 rings (SSSR count). The predicted molar refractivity (Wildman–Crippen MR) is 172 cm³/mol. The highest BCUT2D eigenvalue weighted by atomic mass is 16.4. The van der Waals surface area contributed by atoms with Gasteiger partial charge in [0.05, 0.1) is 0 Å². The number of phenols is 1. The van der Waals surface area contributed by atoms with Crippen molar-refractivity contribution in [3.63, 3.8) is 0 Å². The summed E-state index contributed by atoms with van der Waals surface area (Å²) in [5, 5.41) is 23.8. The van der Waals surface area contributed by atoms with Gasteiger partial charge in [-0.2, -0.15) is 0 Å². The number of carboxylic acids is 1. The summed E-state index contributed by atoms with van der Waals surface area (Å²) in [6, 6.07) is 22.4. The van der Waals surface area contributed by atoms with E-state index in [1.54, 1.807) is 12.1 Å². The molecule has 234 valence electrons. The lowest BCUT2D eigenvalue weighted by Crippen LogP contribution is -2.53. The van der Waals surface area contributed by atoms with E-state index in [0.717, 1.165) is 16.7 Å². The maximum atomic E-state index is 13.2. The number of nitrogens with one attached hydrogen (secondary N) is 2. The van der Waals surface area contributed by atoms with Crippen molar-refractivity contribution in [2.75, 3.05) is 0 Å². The van der Waals surface area contributed by atoms with Crippen LogP contribution in [0.5, 0.6) is 5.75 Å². The molecule has 3 aromatic rings. The van der Waals surface area contributed by atoms with Gasteiger partial charge in [-0.05, 0) is 58.7 Å². The van der Waals surface area contributed by atoms with Crippen LogP contribution in [0, 0.1) is 5.92 Å². The lowest BCUT2D eigenvalue weighted by molar-refractivity contribution is -0.137. The van der Waals surface area contributed by atoms with Gasteiger partial charge < -0.3 is 26.6 Å². The van der Waals surface area contributed by atoms with Crippen LogP contribution >= 0.6 is 0 Å². The van der Waals surface area contributed by atoms with Gasteiger partial charge in [0.15, 0.2) is 0 Å². The first-order chi connectivity index (χ1) is 21.6. The van der Waals surface area contributed by atoms with Gasteiger partial charge in [0.1, 0.15) is 17.8 Å². The minimum atomic E-state index is -1.20. The minimum Gasteiger partial charge on any atom is -0.508 e. The van der Waals surface area contributed by atoms with Gasteiger partial charge >= 0.3 is 5.97 Å². The Morgan fingerprint density at radius 3 is 2.13 bits per heavy atom. The van der Waals surface area contributed by atoms with Crippen molar-refractivity contribution in [1.82, 2.24) is 10.6 Å². The van der Waals surface area contributed by atoms with Crippen molar-refractivity contribution < 1.29 is 29.4 Å². The lowest BCUT2D eigenvalue weighted by Gasteiger charge is -2.23. The number of allylic oxidation sites excluding steroid dienone is 4. The zero-order chi connectivity index (χ0) is 32.3. The Morgan fingerprint density at radius 2 is 1.51 bits per heavy atom. The molecule has 1 aliphatic carbocycles. The Hall–Kier alpha value is -5.18. The average Bonchev–Trinajstić information content (AvgIpc) is 3.03. The fourth-order valence-electron chi connectivity index (χ4n) is 5.40. The monoisotopic (exact) mass is 609 g/mol. The highest BCUT2D eigenvalue weighted by molar-refractivity contribution is 5.92. The molecule has 2 unspecified atom stereocenters. The normalized spacial score (nSPS) is 17.0. The summed E-state index contributed by atoms with van der Waals surface area (Å²) in [7, 11) is 0. The van der Waals surface area contributed by atoms with Crippen LogP contribution in [-0.4, -0.2) is 46.0 Å². The number of hydrogen-bond donors (Lipinski definition) is 5. The van der Waals surface area contributed by atoms with E-state index in [2.05, 4.69) is 60.1 Å². The molecule has 0 radical (unpaired) electrons. The molecular weight excluding hydrogens is 570 g/mol. The minimum absolute atomic E-state index is 0.0546. The first kappa shape index (κ1) is 32.7. The van der Waals surface area contributed by atoms with Crippen molar-refractivity contribution in [2.24, 2.45) is 11.7 Å². The van der Waals surface area contributed by atoms with E-state index < -0.39 is 29.9 Å². The number of rotatable bonds is 14. The largest absolute Gasteiger partial charge is 0.508 e. The van der Waals surface area contributed by atoms with Gasteiger partial charge in [-0.15, -0.1) is 0 Å². The molecule has 4 atom stereocenters. The van der Waals surface area contributed by atoms with Crippen LogP contribution < -0.4 is 16.4 Å². The van der Waals surface area contributed by atoms with Crippen LogP contribution in [0.4, 0.5) is 0 Å². The average molecular weight is 610 g/mol. The molecule has 0 bridgehead atoms. The van der Waals surface area contributed by atoms with E-state index in [1.165, 1.54) is 17.7 Å². The van der Waals surface area contributed by atoms with E-state index in [4.69, 9.17) is 10.8 Å².